The van der Waals surface area contributed by atoms with Gasteiger partial charge >= 0.3 is 0 Å². The van der Waals surface area contributed by atoms with Crippen molar-refractivity contribution in [2.45, 2.75) is 36.9 Å². The standard InChI is InChI=1S/C8H10O/c1-2-7(1)5-6-8(9-7)3-4-8/h5-6H,1-4H2. The molecule has 1 heterocycles. The lowest BCUT2D eigenvalue weighted by molar-refractivity contribution is 0.0280. The third kappa shape index (κ3) is 0.485. The Hall–Kier alpha value is -0.300. The maximum Gasteiger partial charge on any atom is 0.0877 e. The van der Waals surface area contributed by atoms with E-state index in [-0.39, 0.29) is 11.2 Å². The van der Waals surface area contributed by atoms with E-state index in [4.69, 9.17) is 4.74 Å². The Balaban J connectivity index is 1.96. The van der Waals surface area contributed by atoms with Crippen molar-refractivity contribution in [3.05, 3.63) is 12.2 Å². The van der Waals surface area contributed by atoms with Crippen LogP contribution in [-0.4, -0.2) is 11.2 Å². The normalized spacial score (nSPS) is 38.2. The Morgan fingerprint density at radius 3 is 1.56 bits per heavy atom. The summed E-state index contributed by atoms with van der Waals surface area (Å²) in [4.78, 5) is 0. The van der Waals surface area contributed by atoms with E-state index in [1.807, 2.05) is 0 Å². The average molecular weight is 122 g/mol. The lowest BCUT2D eigenvalue weighted by Gasteiger charge is -2.09. The first kappa shape index (κ1) is 4.51. The molecule has 0 atom stereocenters. The van der Waals surface area contributed by atoms with Crippen molar-refractivity contribution in [3.8, 4) is 0 Å². The molecule has 3 rings (SSSR count). The molecule has 1 nitrogen and oxygen atoms in total. The summed E-state index contributed by atoms with van der Waals surface area (Å²) in [6.45, 7) is 0. The van der Waals surface area contributed by atoms with Gasteiger partial charge in [0.15, 0.2) is 0 Å². The maximum absolute atomic E-state index is 5.85. The molecule has 0 N–H and O–H groups in total. The molecule has 2 aliphatic carbocycles. The first-order valence-electron chi connectivity index (χ1n) is 3.73. The topological polar surface area (TPSA) is 9.23 Å². The van der Waals surface area contributed by atoms with Gasteiger partial charge in [-0.3, -0.25) is 0 Å². The van der Waals surface area contributed by atoms with Crippen molar-refractivity contribution in [2.75, 3.05) is 0 Å². The molecule has 3 aliphatic rings. The molecule has 2 fully saturated rings. The third-order valence-corrected chi connectivity index (χ3v) is 2.58. The molecule has 0 unspecified atom stereocenters. The van der Waals surface area contributed by atoms with Gasteiger partial charge in [-0.05, 0) is 25.7 Å². The van der Waals surface area contributed by atoms with E-state index in [1.165, 1.54) is 25.7 Å². The minimum Gasteiger partial charge on any atom is -0.360 e. The average Bonchev–Trinajstić information content (AvgIpc) is 2.62. The van der Waals surface area contributed by atoms with E-state index in [2.05, 4.69) is 12.2 Å². The second-order valence-corrected chi connectivity index (χ2v) is 3.56. The fraction of sp³-hybridized carbons (Fsp3) is 0.750. The molecule has 0 amide bonds. The van der Waals surface area contributed by atoms with Gasteiger partial charge in [0.1, 0.15) is 0 Å². The molecule has 2 spiro atoms. The van der Waals surface area contributed by atoms with Crippen molar-refractivity contribution in [3.63, 3.8) is 0 Å². The summed E-state index contributed by atoms with van der Waals surface area (Å²) in [5.74, 6) is 0. The van der Waals surface area contributed by atoms with Gasteiger partial charge in [0.25, 0.3) is 0 Å². The summed E-state index contributed by atoms with van der Waals surface area (Å²) in [6, 6.07) is 0. The fourth-order valence-corrected chi connectivity index (χ4v) is 1.56. The highest BCUT2D eigenvalue weighted by Crippen LogP contribution is 2.56. The highest BCUT2D eigenvalue weighted by Gasteiger charge is 2.57. The van der Waals surface area contributed by atoms with E-state index >= 15 is 0 Å². The summed E-state index contributed by atoms with van der Waals surface area (Å²) in [5, 5.41) is 0. The largest absolute Gasteiger partial charge is 0.360 e. The van der Waals surface area contributed by atoms with Crippen LogP contribution in [0.3, 0.4) is 0 Å². The number of rotatable bonds is 0. The Morgan fingerprint density at radius 1 is 0.889 bits per heavy atom. The molecule has 0 radical (unpaired) electrons. The minimum atomic E-state index is 0.260. The molecule has 0 aromatic rings. The Morgan fingerprint density at radius 2 is 1.33 bits per heavy atom. The minimum absolute atomic E-state index is 0.260. The van der Waals surface area contributed by atoms with Crippen LogP contribution in [0.25, 0.3) is 0 Å². The molecule has 0 bridgehead atoms. The third-order valence-electron chi connectivity index (χ3n) is 2.58. The van der Waals surface area contributed by atoms with Crippen LogP contribution in [0, 0.1) is 0 Å². The Labute approximate surface area is 54.7 Å². The van der Waals surface area contributed by atoms with Crippen LogP contribution in [0.2, 0.25) is 0 Å². The van der Waals surface area contributed by atoms with E-state index in [1.54, 1.807) is 0 Å². The van der Waals surface area contributed by atoms with Crippen LogP contribution in [0.15, 0.2) is 12.2 Å². The highest BCUT2D eigenvalue weighted by atomic mass is 16.5. The van der Waals surface area contributed by atoms with Gasteiger partial charge in [-0.2, -0.15) is 0 Å². The first-order chi connectivity index (χ1) is 4.33. The zero-order valence-electron chi connectivity index (χ0n) is 5.39. The number of hydrogen-bond acceptors (Lipinski definition) is 1. The molecule has 0 saturated heterocycles. The molecular weight excluding hydrogens is 112 g/mol. The van der Waals surface area contributed by atoms with Crippen LogP contribution in [-0.2, 0) is 4.74 Å². The van der Waals surface area contributed by atoms with Crippen LogP contribution < -0.4 is 0 Å². The molecular formula is C8H10O. The molecule has 48 valence electrons. The maximum atomic E-state index is 5.85. The summed E-state index contributed by atoms with van der Waals surface area (Å²) in [6.07, 6.45) is 9.63. The lowest BCUT2D eigenvalue weighted by atomic mass is 10.3. The summed E-state index contributed by atoms with van der Waals surface area (Å²) in [5.41, 5.74) is 0.521. The molecule has 0 aromatic carbocycles. The van der Waals surface area contributed by atoms with Gasteiger partial charge in [0.05, 0.1) is 11.2 Å². The fourth-order valence-electron chi connectivity index (χ4n) is 1.56. The van der Waals surface area contributed by atoms with Gasteiger partial charge in [-0.1, -0.05) is 12.2 Å². The molecule has 2 saturated carbocycles. The van der Waals surface area contributed by atoms with Crippen LogP contribution in [0.1, 0.15) is 25.7 Å². The van der Waals surface area contributed by atoms with Gasteiger partial charge in [0.2, 0.25) is 0 Å². The first-order valence-corrected chi connectivity index (χ1v) is 3.73. The quantitative estimate of drug-likeness (QED) is 0.444. The van der Waals surface area contributed by atoms with Crippen molar-refractivity contribution < 1.29 is 4.74 Å². The zero-order valence-corrected chi connectivity index (χ0v) is 5.39. The summed E-state index contributed by atoms with van der Waals surface area (Å²) in [7, 11) is 0. The number of ether oxygens (including phenoxy) is 1. The predicted octanol–water partition coefficient (Wildman–Crippen LogP) is 1.64. The SMILES string of the molecule is C1=CC2(CC2)OC12CC2. The molecule has 1 aliphatic heterocycles. The van der Waals surface area contributed by atoms with Crippen LogP contribution in [0.4, 0.5) is 0 Å². The van der Waals surface area contributed by atoms with Crippen molar-refractivity contribution in [1.29, 1.82) is 0 Å². The van der Waals surface area contributed by atoms with E-state index < -0.39 is 0 Å². The van der Waals surface area contributed by atoms with Crippen molar-refractivity contribution in [1.82, 2.24) is 0 Å². The van der Waals surface area contributed by atoms with E-state index in [0.717, 1.165) is 0 Å². The summed E-state index contributed by atoms with van der Waals surface area (Å²) < 4.78 is 5.85. The van der Waals surface area contributed by atoms with Crippen LogP contribution >= 0.6 is 0 Å². The monoisotopic (exact) mass is 122 g/mol. The second kappa shape index (κ2) is 0.988. The Bertz CT molecular complexity index is 165. The van der Waals surface area contributed by atoms with Crippen molar-refractivity contribution in [2.24, 2.45) is 0 Å². The molecule has 0 aromatic heterocycles. The smallest absolute Gasteiger partial charge is 0.0877 e. The van der Waals surface area contributed by atoms with E-state index in [0.29, 0.717) is 0 Å². The van der Waals surface area contributed by atoms with Gasteiger partial charge in [-0.25, -0.2) is 0 Å². The van der Waals surface area contributed by atoms with Crippen molar-refractivity contribution >= 4 is 0 Å². The van der Waals surface area contributed by atoms with Gasteiger partial charge < -0.3 is 4.74 Å². The van der Waals surface area contributed by atoms with Crippen LogP contribution in [0.5, 0.6) is 0 Å². The number of hydrogen-bond donors (Lipinski definition) is 0. The Kier molecular flexibility index (Phi) is 0.495. The van der Waals surface area contributed by atoms with E-state index in [9.17, 15) is 0 Å². The molecule has 1 heteroatoms. The molecule has 9 heavy (non-hydrogen) atoms. The highest BCUT2D eigenvalue weighted by molar-refractivity contribution is 5.28. The van der Waals surface area contributed by atoms with Gasteiger partial charge in [-0.15, -0.1) is 0 Å². The van der Waals surface area contributed by atoms with Gasteiger partial charge in [0, 0.05) is 0 Å². The lowest BCUT2D eigenvalue weighted by Crippen LogP contribution is -2.12. The predicted molar refractivity (Wildman–Crippen MR) is 34.2 cm³/mol. The second-order valence-electron chi connectivity index (χ2n) is 3.56. The zero-order chi connectivity index (χ0) is 5.95. The summed E-state index contributed by atoms with van der Waals surface area (Å²) >= 11 is 0.